The lowest BCUT2D eigenvalue weighted by molar-refractivity contribution is -0.0494. The maximum Gasteiger partial charge on any atom is 0.511 e. The fourth-order valence-electron chi connectivity index (χ4n) is 3.38. The predicted molar refractivity (Wildman–Crippen MR) is 113 cm³/mol. The number of sulfonamides is 1. The fourth-order valence-corrected chi connectivity index (χ4v) is 4.36. The Morgan fingerprint density at radius 1 is 1.30 bits per heavy atom. The first kappa shape index (κ1) is 24.3. The van der Waals surface area contributed by atoms with Crippen molar-refractivity contribution in [3.8, 4) is 0 Å². The third-order valence-corrected chi connectivity index (χ3v) is 6.70. The fraction of sp³-hybridized carbons (Fsp3) is 0.632. The largest absolute Gasteiger partial charge is 0.511 e. The number of alkyl halides is 3. The van der Waals surface area contributed by atoms with Gasteiger partial charge >= 0.3 is 15.5 Å². The normalized spacial score (nSPS) is 17.1. The van der Waals surface area contributed by atoms with Crippen LogP contribution in [0.15, 0.2) is 29.3 Å². The van der Waals surface area contributed by atoms with Crippen molar-refractivity contribution in [2.24, 2.45) is 4.99 Å². The Balaban J connectivity index is 1.82. The molecule has 1 aliphatic heterocycles. The van der Waals surface area contributed by atoms with E-state index in [2.05, 4.69) is 39.6 Å². The molecule has 30 heavy (non-hydrogen) atoms. The van der Waals surface area contributed by atoms with E-state index in [1.807, 2.05) is 19.1 Å². The van der Waals surface area contributed by atoms with Crippen molar-refractivity contribution in [3.05, 3.63) is 29.8 Å². The van der Waals surface area contributed by atoms with Gasteiger partial charge in [0.2, 0.25) is 0 Å². The number of guanidine groups is 1. The molecule has 1 aromatic rings. The first-order valence-electron chi connectivity index (χ1n) is 9.93. The molecule has 1 aromatic carbocycles. The predicted octanol–water partition coefficient (Wildman–Crippen LogP) is 2.30. The smallest absolute Gasteiger partial charge is 0.370 e. The van der Waals surface area contributed by atoms with Crippen molar-refractivity contribution in [1.82, 2.24) is 14.9 Å². The quantitative estimate of drug-likeness (QED) is 0.494. The highest BCUT2D eigenvalue weighted by Crippen LogP contribution is 2.28. The number of aryl methyl sites for hydroxylation is 1. The number of piperidine rings is 1. The summed E-state index contributed by atoms with van der Waals surface area (Å²) in [4.78, 5) is 6.39. The highest BCUT2D eigenvalue weighted by atomic mass is 32.2. The summed E-state index contributed by atoms with van der Waals surface area (Å²) < 4.78 is 61.5. The molecule has 1 heterocycles. The highest BCUT2D eigenvalue weighted by Gasteiger charge is 2.50. The summed E-state index contributed by atoms with van der Waals surface area (Å²) in [6, 6.07) is 8.11. The van der Waals surface area contributed by atoms with Crippen LogP contribution in [0.3, 0.4) is 0 Å². The molecule has 0 amide bonds. The Morgan fingerprint density at radius 2 is 1.97 bits per heavy atom. The van der Waals surface area contributed by atoms with E-state index in [-0.39, 0.29) is 32.0 Å². The average Bonchev–Trinajstić information content (AvgIpc) is 2.70. The van der Waals surface area contributed by atoms with E-state index in [9.17, 15) is 21.6 Å². The van der Waals surface area contributed by atoms with Gasteiger partial charge in [-0.2, -0.15) is 17.5 Å². The molecule has 0 atom stereocenters. The van der Waals surface area contributed by atoms with E-state index in [0.29, 0.717) is 16.8 Å². The van der Waals surface area contributed by atoms with Crippen molar-refractivity contribution in [2.45, 2.75) is 38.2 Å². The molecule has 0 radical (unpaired) electrons. The lowest BCUT2D eigenvalue weighted by Crippen LogP contribution is -2.52. The molecule has 7 nitrogen and oxygen atoms in total. The number of halogens is 3. The molecule has 0 bridgehead atoms. The molecule has 1 aliphatic rings. The summed E-state index contributed by atoms with van der Waals surface area (Å²) in [7, 11) is -3.64. The Morgan fingerprint density at radius 3 is 2.50 bits per heavy atom. The summed E-state index contributed by atoms with van der Waals surface area (Å²) in [5.41, 5.74) is -2.93. The number of benzene rings is 1. The van der Waals surface area contributed by atoms with Crippen LogP contribution in [-0.2, 0) is 10.0 Å². The van der Waals surface area contributed by atoms with Gasteiger partial charge in [-0.05, 0) is 44.4 Å². The minimum Gasteiger partial charge on any atom is -0.370 e. The Bertz CT molecular complexity index is 822. The van der Waals surface area contributed by atoms with Crippen LogP contribution in [0.25, 0.3) is 0 Å². The number of hydrogen-bond acceptors (Lipinski definition) is 4. The highest BCUT2D eigenvalue weighted by molar-refractivity contribution is 7.90. The molecule has 170 valence electrons. The maximum atomic E-state index is 12.7. The van der Waals surface area contributed by atoms with Crippen LogP contribution in [0.2, 0.25) is 0 Å². The van der Waals surface area contributed by atoms with E-state index in [4.69, 9.17) is 0 Å². The minimum atomic E-state index is -5.26. The number of anilines is 1. The monoisotopic (exact) mass is 449 g/mol. The zero-order valence-electron chi connectivity index (χ0n) is 17.5. The number of likely N-dealkylation sites (N-methyl/N-ethyl adjacent to an activating group) is 1. The molecule has 0 spiro atoms. The van der Waals surface area contributed by atoms with Crippen LogP contribution >= 0.6 is 0 Å². The van der Waals surface area contributed by atoms with Gasteiger partial charge in [0.05, 0.1) is 0 Å². The van der Waals surface area contributed by atoms with Gasteiger partial charge in [-0.1, -0.05) is 12.1 Å². The second kappa shape index (κ2) is 10.3. The second-order valence-corrected chi connectivity index (χ2v) is 9.12. The van der Waals surface area contributed by atoms with Crippen molar-refractivity contribution >= 4 is 21.7 Å². The van der Waals surface area contributed by atoms with Crippen molar-refractivity contribution in [3.63, 3.8) is 0 Å². The first-order valence-corrected chi connectivity index (χ1v) is 11.4. The van der Waals surface area contributed by atoms with Gasteiger partial charge in [-0.25, -0.2) is 8.42 Å². The van der Waals surface area contributed by atoms with Crippen LogP contribution in [0.4, 0.5) is 18.9 Å². The van der Waals surface area contributed by atoms with Gasteiger partial charge in [0.1, 0.15) is 0 Å². The minimum absolute atomic E-state index is 0.144. The topological polar surface area (TPSA) is 77.0 Å². The third kappa shape index (κ3) is 6.24. The van der Waals surface area contributed by atoms with Crippen LogP contribution < -0.4 is 15.5 Å². The summed E-state index contributed by atoms with van der Waals surface area (Å²) in [6.45, 7) is 6.01. The van der Waals surface area contributed by atoms with Crippen molar-refractivity contribution in [2.75, 3.05) is 44.7 Å². The van der Waals surface area contributed by atoms with Crippen LogP contribution in [0, 0.1) is 6.92 Å². The molecule has 1 saturated heterocycles. The molecule has 1 fully saturated rings. The summed E-state index contributed by atoms with van der Waals surface area (Å²) in [5.74, 6) is 0.549. The number of aliphatic imine (C=N–C) groups is 1. The van der Waals surface area contributed by atoms with E-state index < -0.39 is 15.5 Å². The standard InChI is InChI=1S/C19H30F3N5O2S/c1-4-26(17-7-5-6-15(2)14-17)13-10-24-18(23-3)25-16-8-11-27(12-9-16)30(28,29)19(20,21)22/h5-7,14,16H,4,8-13H2,1-3H3,(H2,23,24,25). The zero-order valence-corrected chi connectivity index (χ0v) is 18.4. The number of rotatable bonds is 7. The number of nitrogens with one attached hydrogen (secondary N) is 2. The van der Waals surface area contributed by atoms with E-state index in [0.717, 1.165) is 18.8 Å². The number of nitrogens with zero attached hydrogens (tertiary/aromatic N) is 3. The molecular weight excluding hydrogens is 419 g/mol. The van der Waals surface area contributed by atoms with Gasteiger partial charge in [-0.15, -0.1) is 0 Å². The SMILES string of the molecule is CCN(CCNC(=NC)NC1CCN(S(=O)(=O)C(F)(F)F)CC1)c1cccc(C)c1. The first-order chi connectivity index (χ1) is 14.1. The molecule has 0 unspecified atom stereocenters. The Labute approximate surface area is 176 Å². The van der Waals surface area contributed by atoms with E-state index in [1.54, 1.807) is 7.05 Å². The summed E-state index contributed by atoms with van der Waals surface area (Å²) >= 11 is 0. The van der Waals surface area contributed by atoms with Gasteiger partial charge in [0.25, 0.3) is 0 Å². The van der Waals surface area contributed by atoms with Crippen LogP contribution in [0.1, 0.15) is 25.3 Å². The summed E-state index contributed by atoms with van der Waals surface area (Å²) in [6.07, 6.45) is 0.556. The van der Waals surface area contributed by atoms with Gasteiger partial charge in [-0.3, -0.25) is 4.99 Å². The third-order valence-electron chi connectivity index (χ3n) is 5.07. The molecule has 0 aliphatic carbocycles. The number of hydrogen-bond donors (Lipinski definition) is 2. The molecule has 2 rings (SSSR count). The Kier molecular flexibility index (Phi) is 8.36. The molecule has 0 aromatic heterocycles. The summed E-state index contributed by atoms with van der Waals surface area (Å²) in [5, 5.41) is 6.39. The second-order valence-electron chi connectivity index (χ2n) is 7.19. The lowest BCUT2D eigenvalue weighted by atomic mass is 10.1. The van der Waals surface area contributed by atoms with Gasteiger partial charge < -0.3 is 15.5 Å². The average molecular weight is 450 g/mol. The van der Waals surface area contributed by atoms with Crippen molar-refractivity contribution in [1.29, 1.82) is 0 Å². The molecule has 0 saturated carbocycles. The van der Waals surface area contributed by atoms with Crippen LogP contribution in [0.5, 0.6) is 0 Å². The maximum absolute atomic E-state index is 12.7. The lowest BCUT2D eigenvalue weighted by Gasteiger charge is -2.32. The zero-order chi connectivity index (χ0) is 22.4. The van der Waals surface area contributed by atoms with E-state index >= 15 is 0 Å². The molecule has 2 N–H and O–H groups in total. The van der Waals surface area contributed by atoms with E-state index in [1.165, 1.54) is 5.56 Å². The van der Waals surface area contributed by atoms with Crippen LogP contribution in [-0.4, -0.2) is 70.0 Å². The van der Waals surface area contributed by atoms with Gasteiger partial charge in [0, 0.05) is 51.5 Å². The Hall–Kier alpha value is -2.01. The molecular formula is C19H30F3N5O2S. The molecule has 11 heteroatoms. The van der Waals surface area contributed by atoms with Crippen molar-refractivity contribution < 1.29 is 21.6 Å². The van der Waals surface area contributed by atoms with Gasteiger partial charge in [0.15, 0.2) is 5.96 Å².